The molecule has 110 valence electrons. The van der Waals surface area contributed by atoms with Crippen LogP contribution in [0.5, 0.6) is 0 Å². The van der Waals surface area contributed by atoms with E-state index in [0.717, 1.165) is 12.6 Å². The van der Waals surface area contributed by atoms with Gasteiger partial charge >= 0.3 is 0 Å². The second-order valence-corrected chi connectivity index (χ2v) is 6.45. The Kier molecular flexibility index (Phi) is 3.99. The lowest BCUT2D eigenvalue weighted by molar-refractivity contribution is 0.203. The highest BCUT2D eigenvalue weighted by Crippen LogP contribution is 2.31. The number of nitrogens with one attached hydrogen (secondary N) is 1. The number of fused-ring (bicyclic) bond motifs is 1. The first-order valence-electron chi connectivity index (χ1n) is 7.94. The van der Waals surface area contributed by atoms with Crippen molar-refractivity contribution in [2.45, 2.75) is 45.3 Å². The van der Waals surface area contributed by atoms with Crippen LogP contribution in [0.2, 0.25) is 0 Å². The fourth-order valence-electron chi connectivity index (χ4n) is 3.85. The molecule has 0 bridgehead atoms. The van der Waals surface area contributed by atoms with Gasteiger partial charge in [-0.2, -0.15) is 0 Å². The van der Waals surface area contributed by atoms with E-state index >= 15 is 0 Å². The zero-order valence-corrected chi connectivity index (χ0v) is 13.0. The van der Waals surface area contributed by atoms with Crippen LogP contribution >= 0.6 is 0 Å². The summed E-state index contributed by atoms with van der Waals surface area (Å²) in [5, 5.41) is 3.31. The molecule has 2 heterocycles. The van der Waals surface area contributed by atoms with Gasteiger partial charge in [0.05, 0.1) is 0 Å². The van der Waals surface area contributed by atoms with E-state index < -0.39 is 0 Å². The monoisotopic (exact) mass is 273 g/mol. The summed E-state index contributed by atoms with van der Waals surface area (Å²) in [7, 11) is 2.03. The van der Waals surface area contributed by atoms with Crippen LogP contribution in [0.1, 0.15) is 30.9 Å². The van der Waals surface area contributed by atoms with E-state index in [1.165, 1.54) is 49.3 Å². The van der Waals surface area contributed by atoms with Crippen LogP contribution in [0.15, 0.2) is 18.2 Å². The standard InChI is InChI=1S/C17H27N3/c1-13-6-7-17(15(9-13)10-18-3)20-12-16-5-4-8-19(16)11-14(20)2/h6-7,9,14,16,18H,4-5,8,10-12H2,1-3H3. The number of hydrogen-bond acceptors (Lipinski definition) is 3. The lowest BCUT2D eigenvalue weighted by atomic mass is 10.0. The predicted molar refractivity (Wildman–Crippen MR) is 85.3 cm³/mol. The Morgan fingerprint density at radius 2 is 2.15 bits per heavy atom. The van der Waals surface area contributed by atoms with Crippen molar-refractivity contribution < 1.29 is 0 Å². The summed E-state index contributed by atoms with van der Waals surface area (Å²) in [4.78, 5) is 5.33. The van der Waals surface area contributed by atoms with Crippen molar-refractivity contribution >= 4 is 5.69 Å². The normalized spacial score (nSPS) is 26.9. The van der Waals surface area contributed by atoms with Gasteiger partial charge in [-0.25, -0.2) is 0 Å². The highest BCUT2D eigenvalue weighted by molar-refractivity contribution is 5.56. The molecule has 2 atom stereocenters. The van der Waals surface area contributed by atoms with Gasteiger partial charge in [-0.15, -0.1) is 0 Å². The van der Waals surface area contributed by atoms with Crippen LogP contribution in [-0.2, 0) is 6.54 Å². The van der Waals surface area contributed by atoms with Crippen molar-refractivity contribution in [3.8, 4) is 0 Å². The van der Waals surface area contributed by atoms with E-state index in [2.05, 4.69) is 47.2 Å². The zero-order chi connectivity index (χ0) is 14.1. The molecule has 1 aromatic carbocycles. The molecule has 2 aliphatic rings. The molecule has 3 nitrogen and oxygen atoms in total. The van der Waals surface area contributed by atoms with Gasteiger partial charge in [-0.05, 0) is 51.9 Å². The molecule has 0 saturated carbocycles. The quantitative estimate of drug-likeness (QED) is 0.912. The van der Waals surface area contributed by atoms with Gasteiger partial charge in [0, 0.05) is 37.4 Å². The number of piperazine rings is 1. The molecule has 3 heteroatoms. The largest absolute Gasteiger partial charge is 0.366 e. The second kappa shape index (κ2) is 5.74. The Morgan fingerprint density at radius 3 is 2.95 bits per heavy atom. The predicted octanol–water partition coefficient (Wildman–Crippen LogP) is 2.39. The van der Waals surface area contributed by atoms with Crippen molar-refractivity contribution in [1.29, 1.82) is 0 Å². The Balaban J connectivity index is 1.87. The Bertz CT molecular complexity index is 471. The molecule has 0 spiro atoms. The maximum absolute atomic E-state index is 3.31. The van der Waals surface area contributed by atoms with Crippen molar-refractivity contribution in [3.63, 3.8) is 0 Å². The summed E-state index contributed by atoms with van der Waals surface area (Å²) in [6.07, 6.45) is 2.75. The summed E-state index contributed by atoms with van der Waals surface area (Å²) in [6.45, 7) is 9.23. The van der Waals surface area contributed by atoms with Crippen LogP contribution in [0.25, 0.3) is 0 Å². The SMILES string of the molecule is CNCc1cc(C)ccc1N1CC2CCCN2CC1C. The van der Waals surface area contributed by atoms with Gasteiger partial charge in [-0.1, -0.05) is 17.7 Å². The summed E-state index contributed by atoms with van der Waals surface area (Å²) in [5.41, 5.74) is 4.22. The third-order valence-corrected chi connectivity index (χ3v) is 4.85. The van der Waals surface area contributed by atoms with Crippen molar-refractivity contribution in [2.75, 3.05) is 31.6 Å². The third-order valence-electron chi connectivity index (χ3n) is 4.85. The molecule has 2 unspecified atom stereocenters. The first-order valence-corrected chi connectivity index (χ1v) is 7.94. The van der Waals surface area contributed by atoms with Crippen LogP contribution in [0.3, 0.4) is 0 Å². The number of aryl methyl sites for hydroxylation is 1. The first kappa shape index (κ1) is 13.9. The Hall–Kier alpha value is -1.06. The molecular weight excluding hydrogens is 246 g/mol. The maximum Gasteiger partial charge on any atom is 0.0415 e. The minimum Gasteiger partial charge on any atom is -0.366 e. The van der Waals surface area contributed by atoms with Gasteiger partial charge in [-0.3, -0.25) is 4.90 Å². The number of rotatable bonds is 3. The average Bonchev–Trinajstić information content (AvgIpc) is 2.86. The molecule has 20 heavy (non-hydrogen) atoms. The maximum atomic E-state index is 3.31. The Morgan fingerprint density at radius 1 is 1.30 bits per heavy atom. The highest BCUT2D eigenvalue weighted by Gasteiger charge is 2.34. The lowest BCUT2D eigenvalue weighted by Crippen LogP contribution is -2.55. The molecule has 2 saturated heterocycles. The molecule has 0 aromatic heterocycles. The molecule has 0 aliphatic carbocycles. The first-order chi connectivity index (χ1) is 9.69. The minimum absolute atomic E-state index is 0.614. The van der Waals surface area contributed by atoms with Gasteiger partial charge in [0.25, 0.3) is 0 Å². The molecule has 2 fully saturated rings. The van der Waals surface area contributed by atoms with E-state index in [0.29, 0.717) is 6.04 Å². The number of benzene rings is 1. The van der Waals surface area contributed by atoms with Crippen LogP contribution in [0, 0.1) is 6.92 Å². The van der Waals surface area contributed by atoms with Crippen molar-refractivity contribution in [1.82, 2.24) is 10.2 Å². The van der Waals surface area contributed by atoms with Crippen molar-refractivity contribution in [3.05, 3.63) is 29.3 Å². The summed E-state index contributed by atoms with van der Waals surface area (Å²) in [5.74, 6) is 0. The second-order valence-electron chi connectivity index (χ2n) is 6.45. The van der Waals surface area contributed by atoms with Gasteiger partial charge < -0.3 is 10.2 Å². The molecule has 2 aliphatic heterocycles. The number of hydrogen-bond donors (Lipinski definition) is 1. The number of anilines is 1. The van der Waals surface area contributed by atoms with Gasteiger partial charge in [0.15, 0.2) is 0 Å². The zero-order valence-electron chi connectivity index (χ0n) is 13.0. The summed E-state index contributed by atoms with van der Waals surface area (Å²) >= 11 is 0. The molecule has 1 N–H and O–H groups in total. The lowest BCUT2D eigenvalue weighted by Gasteiger charge is -2.44. The molecule has 0 radical (unpaired) electrons. The fourth-order valence-corrected chi connectivity index (χ4v) is 3.85. The Labute approximate surface area is 123 Å². The third kappa shape index (κ3) is 2.57. The molecule has 0 amide bonds. The smallest absolute Gasteiger partial charge is 0.0415 e. The highest BCUT2D eigenvalue weighted by atomic mass is 15.3. The van der Waals surface area contributed by atoms with Crippen LogP contribution < -0.4 is 10.2 Å². The molecule has 3 rings (SSSR count). The number of nitrogens with zero attached hydrogens (tertiary/aromatic N) is 2. The topological polar surface area (TPSA) is 18.5 Å². The van der Waals surface area contributed by atoms with E-state index in [1.807, 2.05) is 7.05 Å². The van der Waals surface area contributed by atoms with Crippen LogP contribution in [0.4, 0.5) is 5.69 Å². The molecular formula is C17H27N3. The fraction of sp³-hybridized carbons (Fsp3) is 0.647. The van der Waals surface area contributed by atoms with Crippen molar-refractivity contribution in [2.24, 2.45) is 0 Å². The van der Waals surface area contributed by atoms with E-state index in [9.17, 15) is 0 Å². The average molecular weight is 273 g/mol. The van der Waals surface area contributed by atoms with E-state index in [-0.39, 0.29) is 0 Å². The van der Waals surface area contributed by atoms with Gasteiger partial charge in [0.2, 0.25) is 0 Å². The van der Waals surface area contributed by atoms with E-state index in [1.54, 1.807) is 0 Å². The summed E-state index contributed by atoms with van der Waals surface area (Å²) in [6, 6.07) is 8.29. The molecule has 1 aromatic rings. The van der Waals surface area contributed by atoms with Crippen LogP contribution in [-0.4, -0.2) is 43.7 Å². The van der Waals surface area contributed by atoms with Gasteiger partial charge in [0.1, 0.15) is 0 Å². The van der Waals surface area contributed by atoms with E-state index in [4.69, 9.17) is 0 Å². The minimum atomic E-state index is 0.614. The summed E-state index contributed by atoms with van der Waals surface area (Å²) < 4.78 is 0.